The van der Waals surface area contributed by atoms with Crippen LogP contribution >= 0.6 is 0 Å². The molecule has 1 aromatic rings. The zero-order chi connectivity index (χ0) is 26.0. The third kappa shape index (κ3) is 4.87. The molecule has 0 unspecified atom stereocenters. The quantitative estimate of drug-likeness (QED) is 0.399. The molecule has 36 heavy (non-hydrogen) atoms. The number of hydrogen-bond acceptors (Lipinski definition) is 7. The van der Waals surface area contributed by atoms with Gasteiger partial charge >= 0.3 is 0 Å². The number of fused-ring (bicyclic) bond motifs is 3. The van der Waals surface area contributed by atoms with Crippen molar-refractivity contribution >= 4 is 11.8 Å². The number of hydrogen-bond donors (Lipinski definition) is 4. The lowest BCUT2D eigenvalue weighted by Crippen LogP contribution is -2.57. The topological polar surface area (TPSA) is 129 Å². The van der Waals surface area contributed by atoms with E-state index < -0.39 is 30.1 Å². The number of nitrogens with zero attached hydrogens (tertiary/aromatic N) is 1. The van der Waals surface area contributed by atoms with Crippen molar-refractivity contribution < 1.29 is 34.4 Å². The minimum atomic E-state index is -1.10. The molecule has 4 rings (SSSR count). The molecule has 0 bridgehead atoms. The molecule has 0 saturated heterocycles. The summed E-state index contributed by atoms with van der Waals surface area (Å²) in [4.78, 5) is 28.5. The Balaban J connectivity index is 1.83. The predicted octanol–water partition coefficient (Wildman–Crippen LogP) is 1.55. The van der Waals surface area contributed by atoms with Gasteiger partial charge in [0.15, 0.2) is 11.5 Å². The highest BCUT2D eigenvalue weighted by molar-refractivity contribution is 5.96. The number of rotatable bonds is 8. The maximum Gasteiger partial charge on any atom is 0.247 e. The van der Waals surface area contributed by atoms with Crippen molar-refractivity contribution in [1.29, 1.82) is 0 Å². The number of carbonyl (C=O) groups excluding carboxylic acids is 2. The smallest absolute Gasteiger partial charge is 0.247 e. The second-order valence-corrected chi connectivity index (χ2v) is 9.92. The highest BCUT2D eigenvalue weighted by atomic mass is 16.5. The first kappa shape index (κ1) is 26.2. The van der Waals surface area contributed by atoms with Gasteiger partial charge in [-0.3, -0.25) is 9.59 Å². The zero-order valence-electron chi connectivity index (χ0n) is 21.1. The molecule has 0 spiro atoms. The summed E-state index contributed by atoms with van der Waals surface area (Å²) in [6.07, 6.45) is 4.96. The average Bonchev–Trinajstić information content (AvgIpc) is 3.51. The van der Waals surface area contributed by atoms with E-state index in [1.54, 1.807) is 29.2 Å². The van der Waals surface area contributed by atoms with Gasteiger partial charge in [-0.2, -0.15) is 0 Å². The molecule has 1 fully saturated rings. The van der Waals surface area contributed by atoms with Gasteiger partial charge in [-0.25, -0.2) is 0 Å². The van der Waals surface area contributed by atoms with Crippen LogP contribution < -0.4 is 14.8 Å². The zero-order valence-corrected chi connectivity index (χ0v) is 21.1. The first-order valence-electron chi connectivity index (χ1n) is 12.5. The molecule has 9 nitrogen and oxygen atoms in total. The molecule has 9 heteroatoms. The summed E-state index contributed by atoms with van der Waals surface area (Å²) >= 11 is 0. The van der Waals surface area contributed by atoms with Gasteiger partial charge in [0, 0.05) is 29.8 Å². The van der Waals surface area contributed by atoms with Gasteiger partial charge in [-0.15, -0.1) is 0 Å². The number of ether oxygens (including phenoxy) is 2. The van der Waals surface area contributed by atoms with Crippen LogP contribution in [-0.4, -0.2) is 76.6 Å². The molecule has 3 aliphatic rings. The fourth-order valence-electron chi connectivity index (χ4n) is 5.66. The van der Waals surface area contributed by atoms with Gasteiger partial charge in [0.1, 0.15) is 12.2 Å². The van der Waals surface area contributed by atoms with Gasteiger partial charge in [0.2, 0.25) is 11.8 Å². The van der Waals surface area contributed by atoms with Crippen LogP contribution in [0.1, 0.15) is 56.6 Å². The van der Waals surface area contributed by atoms with E-state index >= 15 is 0 Å². The lowest BCUT2D eigenvalue weighted by molar-refractivity contribution is -0.135. The van der Waals surface area contributed by atoms with Crippen molar-refractivity contribution in [3.8, 4) is 11.5 Å². The molecule has 1 aromatic carbocycles. The standard InChI is InChI=1S/C27H36N2O7/c1-15(2)10-22(32)29(17-6-4-5-7-17)20-13-19(27(34)28-8-9-30)23-18-11-16(14-31)12-21(35-3)25(18)36-26(23)24(20)33/h10-13,17,20,23-24,26,30-31,33H,4-9,14H2,1-3H3,(H,28,34)/t20-,23+,24+,26+/m1/s1. The number of nitrogens with one attached hydrogen (secondary N) is 1. The summed E-state index contributed by atoms with van der Waals surface area (Å²) in [7, 11) is 1.49. The Bertz CT molecular complexity index is 1060. The number of benzene rings is 1. The van der Waals surface area contributed by atoms with E-state index in [1.807, 2.05) is 13.8 Å². The molecule has 1 heterocycles. The van der Waals surface area contributed by atoms with Gasteiger partial charge in [0.05, 0.1) is 32.3 Å². The third-order valence-corrected chi connectivity index (χ3v) is 7.20. The van der Waals surface area contributed by atoms with E-state index in [1.165, 1.54) is 7.11 Å². The Kier molecular flexibility index (Phi) is 8.02. The number of aliphatic hydroxyl groups is 3. The summed E-state index contributed by atoms with van der Waals surface area (Å²) < 4.78 is 11.7. The van der Waals surface area contributed by atoms with Crippen LogP contribution in [0, 0.1) is 0 Å². The van der Waals surface area contributed by atoms with Gasteiger partial charge in [-0.05, 0) is 50.5 Å². The summed E-state index contributed by atoms with van der Waals surface area (Å²) in [5.41, 5.74) is 2.43. The maximum absolute atomic E-state index is 13.4. The molecule has 4 atom stereocenters. The number of carbonyl (C=O) groups is 2. The molecular formula is C27H36N2O7. The van der Waals surface area contributed by atoms with E-state index in [9.17, 15) is 24.9 Å². The summed E-state index contributed by atoms with van der Waals surface area (Å²) in [6, 6.07) is 2.59. The highest BCUT2D eigenvalue weighted by Gasteiger charge is 2.52. The van der Waals surface area contributed by atoms with Gasteiger partial charge in [0.25, 0.3) is 0 Å². The second kappa shape index (κ2) is 11.0. The fourth-order valence-corrected chi connectivity index (χ4v) is 5.66. The van der Waals surface area contributed by atoms with Crippen LogP contribution in [0.4, 0.5) is 0 Å². The monoisotopic (exact) mass is 500 g/mol. The van der Waals surface area contributed by atoms with Crippen molar-refractivity contribution in [2.24, 2.45) is 0 Å². The van der Waals surface area contributed by atoms with E-state index in [2.05, 4.69) is 5.32 Å². The van der Waals surface area contributed by atoms with Gasteiger partial charge < -0.3 is 35.0 Å². The number of allylic oxidation sites excluding steroid dienone is 1. The molecule has 1 saturated carbocycles. The SMILES string of the molecule is COc1cc(CO)cc2c1O[C@@H]1[C@@H](O)[C@H](N(C(=O)C=C(C)C)C3CCCC3)C=C(C(=O)NCCO)[C@H]21. The van der Waals surface area contributed by atoms with Crippen molar-refractivity contribution in [3.05, 3.63) is 46.6 Å². The average molecular weight is 501 g/mol. The predicted molar refractivity (Wildman–Crippen MR) is 133 cm³/mol. The molecule has 0 radical (unpaired) electrons. The first-order valence-corrected chi connectivity index (χ1v) is 12.5. The maximum atomic E-state index is 13.4. The minimum Gasteiger partial charge on any atom is -0.493 e. The Hall–Kier alpha value is -2.88. The largest absolute Gasteiger partial charge is 0.493 e. The highest BCUT2D eigenvalue weighted by Crippen LogP contribution is 2.51. The molecule has 2 aliphatic carbocycles. The number of aliphatic hydroxyl groups excluding tert-OH is 3. The number of amides is 2. The Labute approximate surface area is 211 Å². The number of methoxy groups -OCH3 is 1. The second-order valence-electron chi connectivity index (χ2n) is 9.92. The summed E-state index contributed by atoms with van der Waals surface area (Å²) in [6.45, 7) is 3.32. The van der Waals surface area contributed by atoms with E-state index in [4.69, 9.17) is 9.47 Å². The van der Waals surface area contributed by atoms with Crippen LogP contribution in [0.25, 0.3) is 0 Å². The Morgan fingerprint density at radius 2 is 1.94 bits per heavy atom. The fraction of sp³-hybridized carbons (Fsp3) is 0.556. The van der Waals surface area contributed by atoms with Crippen LogP contribution in [-0.2, 0) is 16.2 Å². The first-order chi connectivity index (χ1) is 17.3. The van der Waals surface area contributed by atoms with Crippen LogP contribution in [0.2, 0.25) is 0 Å². The third-order valence-electron chi connectivity index (χ3n) is 7.20. The van der Waals surface area contributed by atoms with Crippen molar-refractivity contribution in [3.63, 3.8) is 0 Å². The molecule has 1 aliphatic heterocycles. The Morgan fingerprint density at radius 1 is 1.22 bits per heavy atom. The Morgan fingerprint density at radius 3 is 2.56 bits per heavy atom. The van der Waals surface area contributed by atoms with Gasteiger partial charge in [-0.1, -0.05) is 18.4 Å². The molecule has 4 N–H and O–H groups in total. The minimum absolute atomic E-state index is 0.0541. The molecular weight excluding hydrogens is 464 g/mol. The van der Waals surface area contributed by atoms with Crippen LogP contribution in [0.15, 0.2) is 35.4 Å². The summed E-state index contributed by atoms with van der Waals surface area (Å²) in [5.74, 6) is -0.422. The molecule has 0 aromatic heterocycles. The molecule has 2 amide bonds. The van der Waals surface area contributed by atoms with E-state index in [0.29, 0.717) is 28.2 Å². The van der Waals surface area contributed by atoms with E-state index in [-0.39, 0.29) is 31.7 Å². The van der Waals surface area contributed by atoms with Crippen molar-refractivity contribution in [2.75, 3.05) is 20.3 Å². The lowest BCUT2D eigenvalue weighted by atomic mass is 9.77. The lowest BCUT2D eigenvalue weighted by Gasteiger charge is -2.43. The normalized spacial score (nSPS) is 24.8. The van der Waals surface area contributed by atoms with Crippen molar-refractivity contribution in [1.82, 2.24) is 10.2 Å². The van der Waals surface area contributed by atoms with Crippen LogP contribution in [0.5, 0.6) is 11.5 Å². The van der Waals surface area contributed by atoms with Crippen LogP contribution in [0.3, 0.4) is 0 Å². The van der Waals surface area contributed by atoms with Crippen molar-refractivity contribution in [2.45, 2.75) is 76.3 Å². The summed E-state index contributed by atoms with van der Waals surface area (Å²) in [5, 5.41) is 33.4. The van der Waals surface area contributed by atoms with E-state index in [0.717, 1.165) is 31.3 Å². The molecule has 196 valence electrons.